The minimum atomic E-state index is 0.163. The second kappa shape index (κ2) is 5.85. The summed E-state index contributed by atoms with van der Waals surface area (Å²) in [6.45, 7) is 6.40. The third kappa shape index (κ3) is 3.00. The van der Waals surface area contributed by atoms with Gasteiger partial charge >= 0.3 is 0 Å². The number of hydrogen-bond donors (Lipinski definition) is 1. The summed E-state index contributed by atoms with van der Waals surface area (Å²) >= 11 is 0. The van der Waals surface area contributed by atoms with Crippen LogP contribution in [0.2, 0.25) is 0 Å². The number of piperidine rings is 1. The molecule has 1 atom stereocenters. The number of carbonyl (C=O) groups is 1. The molecule has 0 saturated carbocycles. The topological polar surface area (TPSA) is 45.2 Å². The lowest BCUT2D eigenvalue weighted by atomic mass is 9.99. The first-order valence-corrected chi connectivity index (χ1v) is 6.69. The van der Waals surface area contributed by atoms with Gasteiger partial charge in [-0.15, -0.1) is 0 Å². The number of anilines is 1. The Balaban J connectivity index is 2.04. The van der Waals surface area contributed by atoms with Gasteiger partial charge in [0.2, 0.25) is 5.91 Å². The molecule has 0 aromatic carbocycles. The number of aromatic nitrogens is 1. The molecule has 1 aromatic heterocycles. The zero-order valence-electron chi connectivity index (χ0n) is 11.1. The summed E-state index contributed by atoms with van der Waals surface area (Å²) in [5.41, 5.74) is 0.955. The van der Waals surface area contributed by atoms with Crippen LogP contribution in [0.15, 0.2) is 18.2 Å². The molecule has 1 fully saturated rings. The van der Waals surface area contributed by atoms with Gasteiger partial charge in [-0.25, -0.2) is 4.98 Å². The van der Waals surface area contributed by atoms with E-state index in [0.717, 1.165) is 37.4 Å². The van der Waals surface area contributed by atoms with Gasteiger partial charge in [0.25, 0.3) is 0 Å². The summed E-state index contributed by atoms with van der Waals surface area (Å²) in [7, 11) is 0. The fourth-order valence-electron chi connectivity index (χ4n) is 2.33. The van der Waals surface area contributed by atoms with Crippen molar-refractivity contribution >= 4 is 11.7 Å². The zero-order valence-corrected chi connectivity index (χ0v) is 11.1. The first-order chi connectivity index (χ1) is 8.70. The SMILES string of the molecule is CCNc1cccc(CN2CCCC(C)C2=O)n1. The second-order valence-corrected chi connectivity index (χ2v) is 4.85. The van der Waals surface area contributed by atoms with E-state index in [1.807, 2.05) is 36.9 Å². The number of amides is 1. The minimum Gasteiger partial charge on any atom is -0.370 e. The quantitative estimate of drug-likeness (QED) is 0.887. The molecule has 98 valence electrons. The molecule has 0 radical (unpaired) electrons. The smallest absolute Gasteiger partial charge is 0.225 e. The number of carbonyl (C=O) groups excluding carboxylic acids is 1. The standard InChI is InChI=1S/C14H21N3O/c1-3-15-13-8-4-7-12(16-13)10-17-9-5-6-11(2)14(17)18/h4,7-8,11H,3,5-6,9-10H2,1-2H3,(H,15,16). The van der Waals surface area contributed by atoms with Crippen LogP contribution in [0, 0.1) is 5.92 Å². The summed E-state index contributed by atoms with van der Waals surface area (Å²) < 4.78 is 0. The molecule has 1 N–H and O–H groups in total. The number of likely N-dealkylation sites (tertiary alicyclic amines) is 1. The lowest BCUT2D eigenvalue weighted by molar-refractivity contribution is -0.138. The number of nitrogens with zero attached hydrogens (tertiary/aromatic N) is 2. The number of nitrogens with one attached hydrogen (secondary N) is 1. The minimum absolute atomic E-state index is 0.163. The Morgan fingerprint density at radius 1 is 1.50 bits per heavy atom. The van der Waals surface area contributed by atoms with Gasteiger partial charge in [-0.2, -0.15) is 0 Å². The molecular weight excluding hydrogens is 226 g/mol. The van der Waals surface area contributed by atoms with Gasteiger partial charge in [0.05, 0.1) is 12.2 Å². The van der Waals surface area contributed by atoms with Crippen molar-refractivity contribution in [3.05, 3.63) is 23.9 Å². The molecule has 1 aliphatic rings. The summed E-state index contributed by atoms with van der Waals surface area (Å²) in [5.74, 6) is 1.31. The van der Waals surface area contributed by atoms with Crippen LogP contribution in [0.25, 0.3) is 0 Å². The third-order valence-corrected chi connectivity index (χ3v) is 3.32. The maximum Gasteiger partial charge on any atom is 0.225 e. The van der Waals surface area contributed by atoms with Gasteiger partial charge in [-0.05, 0) is 31.9 Å². The lowest BCUT2D eigenvalue weighted by Crippen LogP contribution is -2.39. The number of rotatable bonds is 4. The lowest BCUT2D eigenvalue weighted by Gasteiger charge is -2.30. The van der Waals surface area contributed by atoms with Crippen molar-refractivity contribution in [3.63, 3.8) is 0 Å². The van der Waals surface area contributed by atoms with E-state index in [9.17, 15) is 4.79 Å². The van der Waals surface area contributed by atoms with E-state index in [1.54, 1.807) is 0 Å². The van der Waals surface area contributed by atoms with Gasteiger partial charge < -0.3 is 10.2 Å². The molecular formula is C14H21N3O. The predicted octanol–water partition coefficient (Wildman–Crippen LogP) is 2.27. The van der Waals surface area contributed by atoms with Crippen molar-refractivity contribution < 1.29 is 4.79 Å². The van der Waals surface area contributed by atoms with Crippen molar-refractivity contribution in [2.75, 3.05) is 18.4 Å². The van der Waals surface area contributed by atoms with E-state index < -0.39 is 0 Å². The van der Waals surface area contributed by atoms with Gasteiger partial charge in [0.15, 0.2) is 0 Å². The average Bonchev–Trinajstić information content (AvgIpc) is 2.36. The molecule has 0 bridgehead atoms. The summed E-state index contributed by atoms with van der Waals surface area (Å²) in [5, 5.41) is 3.19. The van der Waals surface area contributed by atoms with Crippen molar-refractivity contribution in [2.24, 2.45) is 5.92 Å². The maximum atomic E-state index is 12.0. The molecule has 4 nitrogen and oxygen atoms in total. The Bertz CT molecular complexity index is 419. The zero-order chi connectivity index (χ0) is 13.0. The van der Waals surface area contributed by atoms with Crippen LogP contribution in [0.5, 0.6) is 0 Å². The summed E-state index contributed by atoms with van der Waals surface area (Å²) in [6, 6.07) is 5.92. The fourth-order valence-corrected chi connectivity index (χ4v) is 2.33. The molecule has 4 heteroatoms. The van der Waals surface area contributed by atoms with E-state index in [-0.39, 0.29) is 11.8 Å². The Kier molecular flexibility index (Phi) is 4.18. The van der Waals surface area contributed by atoms with Crippen LogP contribution in [0.4, 0.5) is 5.82 Å². The highest BCUT2D eigenvalue weighted by molar-refractivity contribution is 5.79. The Hall–Kier alpha value is -1.58. The van der Waals surface area contributed by atoms with Crippen LogP contribution in [-0.2, 0) is 11.3 Å². The van der Waals surface area contributed by atoms with Crippen LogP contribution >= 0.6 is 0 Å². The first-order valence-electron chi connectivity index (χ1n) is 6.69. The first kappa shape index (κ1) is 12.9. The predicted molar refractivity (Wildman–Crippen MR) is 72.2 cm³/mol. The van der Waals surface area contributed by atoms with Crippen LogP contribution in [-0.4, -0.2) is 28.9 Å². The maximum absolute atomic E-state index is 12.0. The molecule has 18 heavy (non-hydrogen) atoms. The second-order valence-electron chi connectivity index (χ2n) is 4.85. The van der Waals surface area contributed by atoms with Crippen LogP contribution < -0.4 is 5.32 Å². The average molecular weight is 247 g/mol. The highest BCUT2D eigenvalue weighted by Crippen LogP contribution is 2.19. The van der Waals surface area contributed by atoms with E-state index in [2.05, 4.69) is 10.3 Å². The van der Waals surface area contributed by atoms with E-state index >= 15 is 0 Å². The molecule has 1 saturated heterocycles. The van der Waals surface area contributed by atoms with Gasteiger partial charge in [0, 0.05) is 19.0 Å². The van der Waals surface area contributed by atoms with Gasteiger partial charge in [-0.1, -0.05) is 13.0 Å². The Morgan fingerprint density at radius 3 is 3.11 bits per heavy atom. The largest absolute Gasteiger partial charge is 0.370 e. The molecule has 1 aromatic rings. The number of hydrogen-bond acceptors (Lipinski definition) is 3. The molecule has 1 unspecified atom stereocenters. The van der Waals surface area contributed by atoms with Crippen LogP contribution in [0.1, 0.15) is 32.4 Å². The highest BCUT2D eigenvalue weighted by Gasteiger charge is 2.25. The van der Waals surface area contributed by atoms with Gasteiger partial charge in [-0.3, -0.25) is 4.79 Å². The van der Waals surface area contributed by atoms with E-state index in [4.69, 9.17) is 0 Å². The Morgan fingerprint density at radius 2 is 2.33 bits per heavy atom. The molecule has 1 amide bonds. The van der Waals surface area contributed by atoms with E-state index in [0.29, 0.717) is 6.54 Å². The fraction of sp³-hybridized carbons (Fsp3) is 0.571. The normalized spacial score (nSPS) is 20.0. The molecule has 2 heterocycles. The summed E-state index contributed by atoms with van der Waals surface area (Å²) in [6.07, 6.45) is 2.11. The molecule has 1 aliphatic heterocycles. The van der Waals surface area contributed by atoms with Crippen molar-refractivity contribution in [2.45, 2.75) is 33.2 Å². The summed E-state index contributed by atoms with van der Waals surface area (Å²) in [4.78, 5) is 18.5. The van der Waals surface area contributed by atoms with Crippen LogP contribution in [0.3, 0.4) is 0 Å². The third-order valence-electron chi connectivity index (χ3n) is 3.32. The molecule has 0 spiro atoms. The van der Waals surface area contributed by atoms with Crippen molar-refractivity contribution in [1.82, 2.24) is 9.88 Å². The van der Waals surface area contributed by atoms with Gasteiger partial charge in [0.1, 0.15) is 5.82 Å². The molecule has 2 rings (SSSR count). The Labute approximate surface area is 108 Å². The molecule has 0 aliphatic carbocycles. The van der Waals surface area contributed by atoms with E-state index in [1.165, 1.54) is 0 Å². The van der Waals surface area contributed by atoms with Crippen molar-refractivity contribution in [1.29, 1.82) is 0 Å². The monoisotopic (exact) mass is 247 g/mol. The highest BCUT2D eigenvalue weighted by atomic mass is 16.2. The van der Waals surface area contributed by atoms with Crippen molar-refractivity contribution in [3.8, 4) is 0 Å². The number of pyridine rings is 1.